The second-order valence-corrected chi connectivity index (χ2v) is 5.34. The molecule has 100 valence electrons. The minimum atomic E-state index is -0.136. The van der Waals surface area contributed by atoms with Crippen LogP contribution in [0, 0.1) is 12.7 Å². The quantitative estimate of drug-likeness (QED) is 0.855. The number of rotatable bonds is 4. The van der Waals surface area contributed by atoms with Gasteiger partial charge in [0.05, 0.1) is 0 Å². The average Bonchev–Trinajstić information content (AvgIpc) is 2.36. The molecule has 2 rings (SSSR count). The maximum Gasteiger partial charge on any atom is 0.128 e. The van der Waals surface area contributed by atoms with Crippen LogP contribution in [0.4, 0.5) is 10.1 Å². The zero-order valence-corrected chi connectivity index (χ0v) is 11.3. The van der Waals surface area contributed by atoms with Crippen molar-refractivity contribution in [1.29, 1.82) is 0 Å². The number of hydrogen-bond donors (Lipinski definition) is 2. The molecule has 0 aromatic heterocycles. The van der Waals surface area contributed by atoms with E-state index in [1.807, 2.05) is 13.0 Å². The van der Waals surface area contributed by atoms with Crippen molar-refractivity contribution >= 4 is 5.69 Å². The monoisotopic (exact) mass is 250 g/mol. The Morgan fingerprint density at radius 2 is 2.28 bits per heavy atom. The van der Waals surface area contributed by atoms with Crippen LogP contribution in [-0.2, 0) is 0 Å². The Balaban J connectivity index is 1.90. The van der Waals surface area contributed by atoms with Crippen molar-refractivity contribution in [3.8, 4) is 0 Å². The van der Waals surface area contributed by atoms with Crippen LogP contribution in [0.2, 0.25) is 0 Å². The van der Waals surface area contributed by atoms with Gasteiger partial charge in [-0.3, -0.25) is 0 Å². The first-order chi connectivity index (χ1) is 8.66. The minimum absolute atomic E-state index is 0.136. The van der Waals surface area contributed by atoms with Crippen LogP contribution >= 0.6 is 0 Å². The van der Waals surface area contributed by atoms with Crippen molar-refractivity contribution in [2.45, 2.75) is 51.6 Å². The number of nitrogens with one attached hydrogen (secondary N) is 2. The molecule has 0 saturated carbocycles. The van der Waals surface area contributed by atoms with Gasteiger partial charge in [-0.05, 0) is 51.8 Å². The third-order valence-electron chi connectivity index (χ3n) is 3.72. The molecular formula is C15H23FN2. The summed E-state index contributed by atoms with van der Waals surface area (Å²) in [6.45, 7) is 5.13. The molecule has 2 unspecified atom stereocenters. The summed E-state index contributed by atoms with van der Waals surface area (Å²) < 4.78 is 13.4. The number of anilines is 1. The van der Waals surface area contributed by atoms with E-state index in [1.54, 1.807) is 6.07 Å². The zero-order valence-electron chi connectivity index (χ0n) is 11.3. The van der Waals surface area contributed by atoms with Crippen LogP contribution in [-0.4, -0.2) is 18.6 Å². The SMILES string of the molecule is Cc1c(F)cccc1NC(C)CC1CCCCN1. The lowest BCUT2D eigenvalue weighted by Gasteiger charge is -2.27. The maximum atomic E-state index is 13.4. The Hall–Kier alpha value is -1.09. The lowest BCUT2D eigenvalue weighted by atomic mass is 9.98. The van der Waals surface area contributed by atoms with Gasteiger partial charge in [0.15, 0.2) is 0 Å². The molecule has 0 radical (unpaired) electrons. The fourth-order valence-corrected chi connectivity index (χ4v) is 2.64. The summed E-state index contributed by atoms with van der Waals surface area (Å²) in [5.74, 6) is -0.136. The molecule has 0 spiro atoms. The molecule has 1 saturated heterocycles. The molecular weight excluding hydrogens is 227 g/mol. The molecule has 3 heteroatoms. The summed E-state index contributed by atoms with van der Waals surface area (Å²) in [6.07, 6.45) is 4.97. The van der Waals surface area contributed by atoms with Gasteiger partial charge >= 0.3 is 0 Å². The molecule has 1 heterocycles. The summed E-state index contributed by atoms with van der Waals surface area (Å²) in [6, 6.07) is 6.18. The van der Waals surface area contributed by atoms with Gasteiger partial charge in [-0.1, -0.05) is 12.5 Å². The predicted molar refractivity (Wildman–Crippen MR) is 74.5 cm³/mol. The van der Waals surface area contributed by atoms with Crippen molar-refractivity contribution < 1.29 is 4.39 Å². The van der Waals surface area contributed by atoms with Crippen LogP contribution in [0.5, 0.6) is 0 Å². The first-order valence-electron chi connectivity index (χ1n) is 6.92. The normalized spacial score (nSPS) is 21.6. The summed E-state index contributed by atoms with van der Waals surface area (Å²) >= 11 is 0. The van der Waals surface area contributed by atoms with E-state index >= 15 is 0 Å². The summed E-state index contributed by atoms with van der Waals surface area (Å²) in [5.41, 5.74) is 1.62. The van der Waals surface area contributed by atoms with E-state index in [4.69, 9.17) is 0 Å². The van der Waals surface area contributed by atoms with E-state index in [2.05, 4.69) is 17.6 Å². The Morgan fingerprint density at radius 1 is 1.44 bits per heavy atom. The molecule has 0 bridgehead atoms. The maximum absolute atomic E-state index is 13.4. The number of hydrogen-bond acceptors (Lipinski definition) is 2. The van der Waals surface area contributed by atoms with Crippen LogP contribution in [0.15, 0.2) is 18.2 Å². The third kappa shape index (κ3) is 3.45. The Morgan fingerprint density at radius 3 is 3.00 bits per heavy atom. The third-order valence-corrected chi connectivity index (χ3v) is 3.72. The highest BCUT2D eigenvalue weighted by Crippen LogP contribution is 2.20. The molecule has 1 fully saturated rings. The van der Waals surface area contributed by atoms with Crippen molar-refractivity contribution in [3.63, 3.8) is 0 Å². The molecule has 1 aliphatic rings. The van der Waals surface area contributed by atoms with Crippen LogP contribution in [0.25, 0.3) is 0 Å². The Bertz CT molecular complexity index is 386. The topological polar surface area (TPSA) is 24.1 Å². The number of piperidine rings is 1. The highest BCUT2D eigenvalue weighted by atomic mass is 19.1. The van der Waals surface area contributed by atoms with E-state index in [0.717, 1.165) is 18.7 Å². The van der Waals surface area contributed by atoms with Gasteiger partial charge in [-0.25, -0.2) is 4.39 Å². The summed E-state index contributed by atoms with van der Waals surface area (Å²) in [4.78, 5) is 0. The van der Waals surface area contributed by atoms with Crippen molar-refractivity contribution in [2.24, 2.45) is 0 Å². The van der Waals surface area contributed by atoms with E-state index in [9.17, 15) is 4.39 Å². The summed E-state index contributed by atoms with van der Waals surface area (Å²) in [5, 5.41) is 6.97. The molecule has 2 nitrogen and oxygen atoms in total. The molecule has 1 aliphatic heterocycles. The molecule has 2 N–H and O–H groups in total. The second-order valence-electron chi connectivity index (χ2n) is 5.34. The highest BCUT2D eigenvalue weighted by Gasteiger charge is 2.16. The van der Waals surface area contributed by atoms with E-state index < -0.39 is 0 Å². The highest BCUT2D eigenvalue weighted by molar-refractivity contribution is 5.51. The molecule has 1 aromatic rings. The second kappa shape index (κ2) is 6.19. The summed E-state index contributed by atoms with van der Waals surface area (Å²) in [7, 11) is 0. The zero-order chi connectivity index (χ0) is 13.0. The van der Waals surface area contributed by atoms with Gasteiger partial charge in [0, 0.05) is 23.3 Å². The molecule has 1 aromatic carbocycles. The van der Waals surface area contributed by atoms with Crippen molar-refractivity contribution in [1.82, 2.24) is 5.32 Å². The first-order valence-corrected chi connectivity index (χ1v) is 6.92. The molecule has 0 aliphatic carbocycles. The van der Waals surface area contributed by atoms with Crippen LogP contribution < -0.4 is 10.6 Å². The standard InChI is InChI=1S/C15H23FN2/c1-11(10-13-6-3-4-9-17-13)18-15-8-5-7-14(16)12(15)2/h5,7-8,11,13,17-18H,3-4,6,9-10H2,1-2H3. The van der Waals surface area contributed by atoms with E-state index in [0.29, 0.717) is 17.6 Å². The number of halogens is 1. The smallest absolute Gasteiger partial charge is 0.128 e. The van der Waals surface area contributed by atoms with Gasteiger partial charge in [0.2, 0.25) is 0 Å². The van der Waals surface area contributed by atoms with Gasteiger partial charge in [0.25, 0.3) is 0 Å². The lowest BCUT2D eigenvalue weighted by molar-refractivity contribution is 0.371. The Kier molecular flexibility index (Phi) is 4.59. The average molecular weight is 250 g/mol. The largest absolute Gasteiger partial charge is 0.382 e. The van der Waals surface area contributed by atoms with Gasteiger partial charge < -0.3 is 10.6 Å². The van der Waals surface area contributed by atoms with Gasteiger partial charge in [-0.15, -0.1) is 0 Å². The number of benzene rings is 1. The molecule has 18 heavy (non-hydrogen) atoms. The van der Waals surface area contributed by atoms with Crippen LogP contribution in [0.3, 0.4) is 0 Å². The van der Waals surface area contributed by atoms with Gasteiger partial charge in [-0.2, -0.15) is 0 Å². The van der Waals surface area contributed by atoms with Gasteiger partial charge in [0.1, 0.15) is 5.82 Å². The van der Waals surface area contributed by atoms with E-state index in [1.165, 1.54) is 25.3 Å². The van der Waals surface area contributed by atoms with Crippen molar-refractivity contribution in [3.05, 3.63) is 29.6 Å². The van der Waals surface area contributed by atoms with Crippen LogP contribution in [0.1, 0.15) is 38.2 Å². The lowest BCUT2D eigenvalue weighted by Crippen LogP contribution is -2.37. The fraction of sp³-hybridized carbons (Fsp3) is 0.600. The first kappa shape index (κ1) is 13.3. The molecule has 0 amide bonds. The minimum Gasteiger partial charge on any atom is -0.382 e. The van der Waals surface area contributed by atoms with Crippen molar-refractivity contribution in [2.75, 3.05) is 11.9 Å². The predicted octanol–water partition coefficient (Wildman–Crippen LogP) is 3.47. The molecule has 2 atom stereocenters. The fourth-order valence-electron chi connectivity index (χ4n) is 2.64. The Labute approximate surface area is 109 Å². The van der Waals surface area contributed by atoms with E-state index in [-0.39, 0.29) is 5.82 Å².